The molecule has 0 aromatic rings. The van der Waals surface area contributed by atoms with Crippen LogP contribution in [0.2, 0.25) is 0 Å². The summed E-state index contributed by atoms with van der Waals surface area (Å²) < 4.78 is 63.8. The molecule has 0 aromatic heterocycles. The molecule has 0 spiro atoms. The first-order chi connectivity index (χ1) is 33.5. The maximum atomic E-state index is 13.6. The second-order valence-corrected chi connectivity index (χ2v) is 23.5. The summed E-state index contributed by atoms with van der Waals surface area (Å²) >= 11 is 0. The molecule has 20 unspecified atom stereocenters. The van der Waals surface area contributed by atoms with E-state index in [0.29, 0.717) is 12.3 Å². The Morgan fingerprint density at radius 2 is 1.28 bits per heavy atom. The van der Waals surface area contributed by atoms with Crippen LogP contribution in [-0.2, 0) is 56.5 Å². The molecular weight excluding hydrogens is 1420 g/mol. The molecule has 2 radical (unpaired) electrons. The Balaban J connectivity index is 0.0000137. The normalized spacial score (nSPS) is 34.1. The van der Waals surface area contributed by atoms with Crippen LogP contribution < -0.4 is 11.5 Å². The average Bonchev–Trinajstić information content (AvgIpc) is 3.28. The van der Waals surface area contributed by atoms with Crippen molar-refractivity contribution in [2.75, 3.05) is 19.8 Å². The predicted molar refractivity (Wildman–Crippen MR) is 262 cm³/mol. The van der Waals surface area contributed by atoms with Crippen LogP contribution in [0.15, 0.2) is 0 Å². The smallest absolute Gasteiger partial charge is 0.474 e. The quantitative estimate of drug-likeness (QED) is 0.0169. The van der Waals surface area contributed by atoms with Gasteiger partial charge in [0.25, 0.3) is 0 Å². The molecule has 74 heavy (non-hydrogen) atoms. The summed E-state index contributed by atoms with van der Waals surface area (Å²) in [7, 11) is -5.34. The van der Waals surface area contributed by atoms with Crippen LogP contribution in [0, 0.1) is 117 Å². The Labute approximate surface area is 510 Å². The number of phosphoric ester groups is 1. The van der Waals surface area contributed by atoms with Crippen LogP contribution in [-0.4, -0.2) is 160 Å². The van der Waals surface area contributed by atoms with E-state index < -0.39 is 131 Å². The largest absolute Gasteiger partial charge is 0.668 e. The van der Waals surface area contributed by atoms with Crippen LogP contribution in [0.4, 0.5) is 4.79 Å². The molecule has 2 amide bonds. The van der Waals surface area contributed by atoms with E-state index in [4.69, 9.17) is 65.1 Å². The van der Waals surface area contributed by atoms with E-state index in [9.17, 15) is 44.7 Å². The van der Waals surface area contributed by atoms with Crippen LogP contribution >= 0.6 is 7.82 Å². The summed E-state index contributed by atoms with van der Waals surface area (Å²) in [5.41, 5.74) is 25.6. The standard InChI is InChI=1S/C48H91N4O19P.2Ac/c1-26(2)14-13-16-27(3)17-18-29(5)19-22-47(8,9)21-12-11-15-28(4)20-23-62-32(24-63-59)25-64-72(60,61)71-45-39(40(70-46(52)57)48(10,58)41(69-45)42(51)56)68-44-34(50)37(55)38(31(7)66-44)67-43-33(49)36(54)35(53)30(6)65-43;;/h26-41,43-45,49-50,53-55,58-59H,11-25H2,1-10H3,(H2,51,56)(H2,52,57)(H,60,61);;/q-2;;. The van der Waals surface area contributed by atoms with Gasteiger partial charge >= 0.3 is 13.9 Å². The minimum absolute atomic E-state index is 0. The van der Waals surface area contributed by atoms with Crippen molar-refractivity contribution in [2.24, 2.45) is 40.6 Å². The molecule has 3 heterocycles. The van der Waals surface area contributed by atoms with Gasteiger partial charge in [-0.3, -0.25) is 19.1 Å². The van der Waals surface area contributed by atoms with E-state index in [1.165, 1.54) is 58.8 Å². The van der Waals surface area contributed by atoms with Crippen LogP contribution in [0.25, 0.3) is 11.5 Å². The van der Waals surface area contributed by atoms with Gasteiger partial charge in [0.2, 0.25) is 5.91 Å². The van der Waals surface area contributed by atoms with Crippen LogP contribution in [0.1, 0.15) is 146 Å². The number of carbonyl (C=O) groups excluding carboxylic acids is 2. The summed E-state index contributed by atoms with van der Waals surface area (Å²) in [6.45, 7) is 19.0. The molecule has 3 aliphatic heterocycles. The molecular formula is C48H91Ac2N4O19P-2. The summed E-state index contributed by atoms with van der Waals surface area (Å²) in [5, 5.41) is 52.5. The van der Waals surface area contributed by atoms with Gasteiger partial charge < -0.3 is 81.4 Å². The first-order valence-corrected chi connectivity index (χ1v) is 27.2. The van der Waals surface area contributed by atoms with Gasteiger partial charge in [-0.1, -0.05) is 118 Å². The molecule has 3 aliphatic rings. The van der Waals surface area contributed by atoms with Crippen molar-refractivity contribution in [3.63, 3.8) is 0 Å². The number of hydrogen-bond donors (Lipinski definition) is 8. The van der Waals surface area contributed by atoms with E-state index in [2.05, 4.69) is 53.4 Å². The minimum atomic E-state index is -5.34. The summed E-state index contributed by atoms with van der Waals surface area (Å²) in [6.07, 6.45) is -8.96. The molecule has 26 heteroatoms. The van der Waals surface area contributed by atoms with Crippen molar-refractivity contribution in [2.45, 2.75) is 244 Å². The second kappa shape index (κ2) is 34.6. The van der Waals surface area contributed by atoms with Crippen molar-refractivity contribution >= 4 is 19.8 Å². The van der Waals surface area contributed by atoms with Crippen molar-refractivity contribution in [3.8, 4) is 0 Å². The number of unbranched alkanes of at least 4 members (excludes halogenated alkanes) is 1. The number of amides is 2. The number of ether oxygens (including phenoxy) is 7. The van der Waals surface area contributed by atoms with Gasteiger partial charge in [-0.05, 0) is 69.1 Å². The first kappa shape index (κ1) is 73.2. The van der Waals surface area contributed by atoms with Gasteiger partial charge in [0.15, 0.2) is 24.6 Å². The Bertz CT molecular complexity index is 1670. The molecule has 0 aliphatic carbocycles. The number of nitrogens with one attached hydrogen (secondary N) is 2. The molecule has 430 valence electrons. The fraction of sp³-hybridized carbons (Fsp3) is 0.958. The third-order valence-electron chi connectivity index (χ3n) is 14.3. The van der Waals surface area contributed by atoms with E-state index in [1.54, 1.807) is 0 Å². The summed E-state index contributed by atoms with van der Waals surface area (Å²) in [4.78, 5) is 40.1. The Hall–Kier alpha value is 1.17. The monoisotopic (exact) mass is 1510 g/mol. The van der Waals surface area contributed by atoms with Crippen molar-refractivity contribution in [1.29, 1.82) is 0 Å². The zero-order valence-corrected chi connectivity index (χ0v) is 55.7. The maximum Gasteiger partial charge on any atom is 0.474 e. The SMILES string of the molecule is CC(C)CCCC(C)CCC(C)CCC(C)(C)CCCCC(C)CCOC(COO)COP(=O)(O)OC1OC(C(N)=O)C(C)(O)C(OC(N)=O)C1OC1OC(C)C(OC2OC(C)C(O)C(O)C2[NH-])C(O)C1[NH-].[Ac].[Ac]. The zero-order valence-electron chi connectivity index (χ0n) is 45.3. The van der Waals surface area contributed by atoms with E-state index >= 15 is 0 Å². The Morgan fingerprint density at radius 1 is 0.730 bits per heavy atom. The van der Waals surface area contributed by atoms with Gasteiger partial charge in [0, 0.05) is 94.7 Å². The molecule has 0 bridgehead atoms. The number of hydrogen-bond acceptors (Lipinski definition) is 18. The topological polar surface area (TPSA) is 365 Å². The molecule has 0 aromatic carbocycles. The van der Waals surface area contributed by atoms with Gasteiger partial charge in [-0.15, -0.1) is 0 Å². The number of phosphoric acid groups is 1. The number of primary amides is 2. The Morgan fingerprint density at radius 3 is 1.86 bits per heavy atom. The minimum Gasteiger partial charge on any atom is -0.668 e. The van der Waals surface area contributed by atoms with Crippen molar-refractivity contribution < 1.29 is 180 Å². The number of aliphatic hydroxyl groups is 4. The molecule has 12 N–H and O–H groups in total. The molecule has 3 fully saturated rings. The van der Waals surface area contributed by atoms with Crippen molar-refractivity contribution in [3.05, 3.63) is 11.5 Å². The number of rotatable bonds is 32. The van der Waals surface area contributed by atoms with Crippen molar-refractivity contribution in [1.82, 2.24) is 0 Å². The number of aliphatic hydroxyl groups excluding tert-OH is 3. The summed E-state index contributed by atoms with van der Waals surface area (Å²) in [5.74, 6) is 1.20. The zero-order chi connectivity index (χ0) is 54.3. The fourth-order valence-corrected chi connectivity index (χ4v) is 10.2. The average molecular weight is 1510 g/mol. The van der Waals surface area contributed by atoms with Gasteiger partial charge in [-0.2, -0.15) is 0 Å². The Kier molecular flexibility index (Phi) is 34.2. The fourth-order valence-electron chi connectivity index (χ4n) is 9.38. The molecule has 23 nitrogen and oxygen atoms in total. The molecule has 0 saturated carbocycles. The van der Waals surface area contributed by atoms with E-state index in [-0.39, 0.29) is 106 Å². The predicted octanol–water partition coefficient (Wildman–Crippen LogP) is 5.88. The van der Waals surface area contributed by atoms with Gasteiger partial charge in [0.1, 0.15) is 43.1 Å². The molecule has 20 atom stereocenters. The third kappa shape index (κ3) is 23.9. The van der Waals surface area contributed by atoms with E-state index in [0.717, 1.165) is 44.4 Å². The third-order valence-corrected chi connectivity index (χ3v) is 15.3. The molecule has 3 rings (SSSR count). The summed E-state index contributed by atoms with van der Waals surface area (Å²) in [6, 6.07) is -3.34. The van der Waals surface area contributed by atoms with Crippen LogP contribution in [0.5, 0.6) is 0 Å². The number of nitrogens with two attached hydrogens (primary N) is 2. The number of carbonyl (C=O) groups is 2. The first-order valence-electron chi connectivity index (χ1n) is 25.7. The van der Waals surface area contributed by atoms with E-state index in [1.807, 2.05) is 0 Å². The maximum absolute atomic E-state index is 13.6. The van der Waals surface area contributed by atoms with Gasteiger partial charge in [0.05, 0.1) is 31.0 Å². The second-order valence-electron chi connectivity index (χ2n) is 22.1. The molecule has 3 saturated heterocycles. The van der Waals surface area contributed by atoms with Crippen LogP contribution in [0.3, 0.4) is 0 Å². The van der Waals surface area contributed by atoms with Gasteiger partial charge in [-0.25, -0.2) is 14.2 Å².